The number of halogens is 2. The van der Waals surface area contributed by atoms with Crippen molar-refractivity contribution in [3.63, 3.8) is 0 Å². The molecule has 2 aromatic carbocycles. The number of hydrogen-bond acceptors (Lipinski definition) is 3. The molecule has 4 nitrogen and oxygen atoms in total. The van der Waals surface area contributed by atoms with Crippen molar-refractivity contribution in [1.29, 1.82) is 0 Å². The molecule has 0 atom stereocenters. The van der Waals surface area contributed by atoms with Crippen LogP contribution in [0.2, 0.25) is 5.02 Å². The van der Waals surface area contributed by atoms with Crippen LogP contribution in [0, 0.1) is 0 Å². The summed E-state index contributed by atoms with van der Waals surface area (Å²) in [6.45, 7) is 0.386. The molecule has 0 fully saturated rings. The zero-order valence-electron chi connectivity index (χ0n) is 11.2. The molecule has 2 N–H and O–H groups in total. The van der Waals surface area contributed by atoms with Crippen LogP contribution >= 0.6 is 27.5 Å². The Bertz CT molecular complexity index is 659. The van der Waals surface area contributed by atoms with Gasteiger partial charge in [0.2, 0.25) is 0 Å². The summed E-state index contributed by atoms with van der Waals surface area (Å²) in [5, 5.41) is 13.2. The molecule has 0 spiro atoms. The number of ether oxygens (including phenoxy) is 1. The maximum atomic E-state index is 12.1. The molecule has 110 valence electrons. The van der Waals surface area contributed by atoms with Gasteiger partial charge >= 0.3 is 0 Å². The lowest BCUT2D eigenvalue weighted by Gasteiger charge is -2.09. The molecule has 0 aliphatic rings. The molecule has 21 heavy (non-hydrogen) atoms. The number of benzene rings is 2. The Morgan fingerprint density at radius 3 is 2.62 bits per heavy atom. The first-order chi connectivity index (χ1) is 10.0. The Kier molecular flexibility index (Phi) is 5.09. The molecule has 0 saturated heterocycles. The summed E-state index contributed by atoms with van der Waals surface area (Å²) in [4.78, 5) is 12.1. The van der Waals surface area contributed by atoms with Crippen molar-refractivity contribution in [2.75, 3.05) is 7.11 Å². The molecule has 1 amide bonds. The van der Waals surface area contributed by atoms with Crippen molar-refractivity contribution in [2.24, 2.45) is 0 Å². The second-order valence-corrected chi connectivity index (χ2v) is 5.61. The van der Waals surface area contributed by atoms with Crippen molar-refractivity contribution in [3.8, 4) is 11.5 Å². The number of phenols is 1. The van der Waals surface area contributed by atoms with Gasteiger partial charge in [0, 0.05) is 17.1 Å². The van der Waals surface area contributed by atoms with E-state index in [1.165, 1.54) is 19.2 Å². The number of carbonyl (C=O) groups excluding carboxylic acids is 1. The average Bonchev–Trinajstić information content (AvgIpc) is 2.49. The van der Waals surface area contributed by atoms with Crippen LogP contribution < -0.4 is 10.1 Å². The summed E-state index contributed by atoms with van der Waals surface area (Å²) in [6.07, 6.45) is 0. The van der Waals surface area contributed by atoms with E-state index in [9.17, 15) is 9.90 Å². The SMILES string of the molecule is COc1cc(C(=O)NCc2ccc(Cl)cc2)cc(Br)c1O. The highest BCUT2D eigenvalue weighted by Gasteiger charge is 2.13. The first-order valence-corrected chi connectivity index (χ1v) is 7.27. The van der Waals surface area contributed by atoms with E-state index in [1.54, 1.807) is 12.1 Å². The Balaban J connectivity index is 2.10. The van der Waals surface area contributed by atoms with Crippen LogP contribution in [0.25, 0.3) is 0 Å². The Labute approximate surface area is 135 Å². The lowest BCUT2D eigenvalue weighted by atomic mass is 10.1. The van der Waals surface area contributed by atoms with Gasteiger partial charge in [-0.1, -0.05) is 23.7 Å². The second kappa shape index (κ2) is 6.83. The van der Waals surface area contributed by atoms with Gasteiger partial charge in [0.25, 0.3) is 5.91 Å². The minimum Gasteiger partial charge on any atom is -0.503 e. The summed E-state index contributed by atoms with van der Waals surface area (Å²) >= 11 is 8.99. The first-order valence-electron chi connectivity index (χ1n) is 6.10. The molecule has 0 aliphatic carbocycles. The highest BCUT2D eigenvalue weighted by atomic mass is 79.9. The van der Waals surface area contributed by atoms with Gasteiger partial charge in [0.15, 0.2) is 11.5 Å². The van der Waals surface area contributed by atoms with E-state index in [4.69, 9.17) is 16.3 Å². The molecule has 2 aromatic rings. The van der Waals surface area contributed by atoms with E-state index in [0.717, 1.165) is 5.56 Å². The van der Waals surface area contributed by atoms with Crippen molar-refractivity contribution in [3.05, 3.63) is 57.0 Å². The van der Waals surface area contributed by atoms with Gasteiger partial charge in [-0.15, -0.1) is 0 Å². The fourth-order valence-corrected chi connectivity index (χ4v) is 2.32. The van der Waals surface area contributed by atoms with Crippen molar-refractivity contribution in [2.45, 2.75) is 6.54 Å². The number of phenolic OH excluding ortho intramolecular Hbond substituents is 1. The molecule has 0 bridgehead atoms. The molecule has 0 aliphatic heterocycles. The lowest BCUT2D eigenvalue weighted by molar-refractivity contribution is 0.0950. The van der Waals surface area contributed by atoms with Crippen LogP contribution in [0.3, 0.4) is 0 Å². The third-order valence-electron chi connectivity index (χ3n) is 2.88. The minimum atomic E-state index is -0.260. The number of aromatic hydroxyl groups is 1. The first kappa shape index (κ1) is 15.7. The predicted octanol–water partition coefficient (Wildman–Crippen LogP) is 3.75. The molecule has 0 aromatic heterocycles. The number of nitrogens with one attached hydrogen (secondary N) is 1. The number of amides is 1. The molecule has 6 heteroatoms. The Morgan fingerprint density at radius 2 is 2.00 bits per heavy atom. The van der Waals surface area contributed by atoms with Gasteiger partial charge < -0.3 is 15.2 Å². The highest BCUT2D eigenvalue weighted by Crippen LogP contribution is 2.35. The number of hydrogen-bond donors (Lipinski definition) is 2. The van der Waals surface area contributed by atoms with Crippen LogP contribution in [0.15, 0.2) is 40.9 Å². The van der Waals surface area contributed by atoms with Gasteiger partial charge in [0.05, 0.1) is 11.6 Å². The molecule has 0 heterocycles. The molecular weight excluding hydrogens is 358 g/mol. The fraction of sp³-hybridized carbons (Fsp3) is 0.133. The largest absolute Gasteiger partial charge is 0.503 e. The summed E-state index contributed by atoms with van der Waals surface area (Å²) in [5.41, 5.74) is 1.34. The molecule has 0 radical (unpaired) electrons. The van der Waals surface area contributed by atoms with Gasteiger partial charge in [0.1, 0.15) is 0 Å². The number of rotatable bonds is 4. The summed E-state index contributed by atoms with van der Waals surface area (Å²) in [5.74, 6) is -0.0586. The third-order valence-corrected chi connectivity index (χ3v) is 3.73. The summed E-state index contributed by atoms with van der Waals surface area (Å²) in [6, 6.07) is 10.2. The quantitative estimate of drug-likeness (QED) is 0.862. The molecule has 0 unspecified atom stereocenters. The second-order valence-electron chi connectivity index (χ2n) is 4.32. The smallest absolute Gasteiger partial charge is 0.251 e. The van der Waals surface area contributed by atoms with E-state index < -0.39 is 0 Å². The van der Waals surface area contributed by atoms with Crippen LogP contribution in [-0.2, 0) is 6.54 Å². The van der Waals surface area contributed by atoms with Crippen molar-refractivity contribution < 1.29 is 14.6 Å². The van der Waals surface area contributed by atoms with Gasteiger partial charge in [-0.2, -0.15) is 0 Å². The normalized spacial score (nSPS) is 10.2. The van der Waals surface area contributed by atoms with Crippen LogP contribution in [-0.4, -0.2) is 18.1 Å². The summed E-state index contributed by atoms with van der Waals surface area (Å²) < 4.78 is 5.42. The van der Waals surface area contributed by atoms with E-state index in [1.807, 2.05) is 12.1 Å². The number of carbonyl (C=O) groups is 1. The summed E-state index contributed by atoms with van der Waals surface area (Å²) in [7, 11) is 1.43. The van der Waals surface area contributed by atoms with Gasteiger partial charge in [-0.05, 0) is 45.8 Å². The van der Waals surface area contributed by atoms with E-state index >= 15 is 0 Å². The standard InChI is InChI=1S/C15H13BrClNO3/c1-21-13-7-10(6-12(16)14(13)19)15(20)18-8-9-2-4-11(17)5-3-9/h2-7,19H,8H2,1H3,(H,18,20). The van der Waals surface area contributed by atoms with Crippen molar-refractivity contribution >= 4 is 33.4 Å². The van der Waals surface area contributed by atoms with Crippen molar-refractivity contribution in [1.82, 2.24) is 5.32 Å². The highest BCUT2D eigenvalue weighted by molar-refractivity contribution is 9.10. The van der Waals surface area contributed by atoms with Gasteiger partial charge in [-0.25, -0.2) is 0 Å². The predicted molar refractivity (Wildman–Crippen MR) is 85.0 cm³/mol. The fourth-order valence-electron chi connectivity index (χ4n) is 1.75. The zero-order valence-corrected chi connectivity index (χ0v) is 13.5. The van der Waals surface area contributed by atoms with E-state index in [2.05, 4.69) is 21.2 Å². The lowest BCUT2D eigenvalue weighted by Crippen LogP contribution is -2.22. The molecule has 0 saturated carbocycles. The van der Waals surface area contributed by atoms with E-state index in [0.29, 0.717) is 21.6 Å². The van der Waals surface area contributed by atoms with Crippen LogP contribution in [0.5, 0.6) is 11.5 Å². The third kappa shape index (κ3) is 3.89. The molecular formula is C15H13BrClNO3. The maximum Gasteiger partial charge on any atom is 0.251 e. The minimum absolute atomic E-state index is 0.0354. The maximum absolute atomic E-state index is 12.1. The number of methoxy groups -OCH3 is 1. The van der Waals surface area contributed by atoms with Gasteiger partial charge in [-0.3, -0.25) is 4.79 Å². The zero-order chi connectivity index (χ0) is 15.4. The van der Waals surface area contributed by atoms with Crippen LogP contribution in [0.1, 0.15) is 15.9 Å². The van der Waals surface area contributed by atoms with E-state index in [-0.39, 0.29) is 17.4 Å². The Morgan fingerprint density at radius 1 is 1.33 bits per heavy atom. The average molecular weight is 371 g/mol. The Hall–Kier alpha value is -1.72. The van der Waals surface area contributed by atoms with Crippen LogP contribution in [0.4, 0.5) is 0 Å². The molecule has 2 rings (SSSR count). The topological polar surface area (TPSA) is 58.6 Å². The monoisotopic (exact) mass is 369 g/mol.